The largest absolute Gasteiger partial charge is 0.172 e. The van der Waals surface area contributed by atoms with Gasteiger partial charge in [-0.1, -0.05) is 310 Å². The van der Waals surface area contributed by atoms with Gasteiger partial charge in [0.2, 0.25) is 0 Å². The first kappa shape index (κ1) is 66.0. The van der Waals surface area contributed by atoms with Gasteiger partial charge >= 0.3 is 0 Å². The second kappa shape index (κ2) is 37.2. The maximum atomic E-state index is 5.28. The Morgan fingerprint density at radius 2 is 0.562 bits per heavy atom. The molecule has 8 heteroatoms. The first-order valence-electron chi connectivity index (χ1n) is 34.6. The van der Waals surface area contributed by atoms with Gasteiger partial charge in [0.1, 0.15) is 22.1 Å². The van der Waals surface area contributed by atoms with Gasteiger partial charge in [0.25, 0.3) is 0 Å². The summed E-state index contributed by atoms with van der Waals surface area (Å²) in [6.45, 7) is 9.32. The SMILES string of the molecule is CCCCCCCCCCCCCC1(CCCCCCCCCCCCC)c2cc3c(cc2-c2c1cc(Br)c1nsnc21)C(CCCCCCCCCCCCC)(CCCCCCCCCCCCC)c1cc(I)c2nsnc2c1-3. The lowest BCUT2D eigenvalue weighted by Crippen LogP contribution is -2.27. The van der Waals surface area contributed by atoms with Crippen molar-refractivity contribution in [2.45, 2.75) is 347 Å². The number of hydrogen-bond acceptors (Lipinski definition) is 6. The predicted octanol–water partition coefficient (Wildman–Crippen LogP) is 26.4. The van der Waals surface area contributed by atoms with Crippen LogP contribution in [-0.4, -0.2) is 17.5 Å². The molecule has 2 aromatic heterocycles. The lowest BCUT2D eigenvalue weighted by Gasteiger charge is -2.35. The first-order valence-corrected chi connectivity index (χ1v) is 37.9. The maximum Gasteiger partial charge on any atom is 0.119 e. The number of hydrogen-bond donors (Lipinski definition) is 0. The van der Waals surface area contributed by atoms with Gasteiger partial charge in [-0.25, -0.2) is 0 Å². The van der Waals surface area contributed by atoms with Crippen molar-refractivity contribution >= 4 is 84.0 Å². The van der Waals surface area contributed by atoms with Crippen molar-refractivity contribution in [2.24, 2.45) is 0 Å². The minimum Gasteiger partial charge on any atom is -0.172 e. The second-order valence-corrected chi connectivity index (χ2v) is 28.8. The molecule has 0 amide bonds. The number of aromatic nitrogens is 4. The van der Waals surface area contributed by atoms with Gasteiger partial charge in [0, 0.05) is 30.0 Å². The molecule has 7 rings (SSSR count). The summed E-state index contributed by atoms with van der Waals surface area (Å²) in [5.74, 6) is 0. The van der Waals surface area contributed by atoms with Crippen LogP contribution in [0.4, 0.5) is 0 Å². The summed E-state index contributed by atoms with van der Waals surface area (Å²) in [4.78, 5) is 0. The van der Waals surface area contributed by atoms with Crippen molar-refractivity contribution in [3.8, 4) is 22.3 Å². The Labute approximate surface area is 520 Å². The fraction of sp³-hybridized carbons (Fsp3) is 0.750. The number of nitrogens with zero attached hydrogens (tertiary/aromatic N) is 4. The summed E-state index contributed by atoms with van der Waals surface area (Å²) in [5.41, 5.74) is 16.4. The van der Waals surface area contributed by atoms with Gasteiger partial charge in [-0.05, 0) is 122 Å². The molecule has 0 radical (unpaired) electrons. The van der Waals surface area contributed by atoms with E-state index in [2.05, 4.69) is 90.5 Å². The van der Waals surface area contributed by atoms with Crippen LogP contribution >= 0.6 is 62.0 Å². The zero-order valence-electron chi connectivity index (χ0n) is 51.6. The highest BCUT2D eigenvalue weighted by Gasteiger charge is 2.49. The molecule has 0 N–H and O–H groups in total. The quantitative estimate of drug-likeness (QED) is 0.0288. The van der Waals surface area contributed by atoms with Gasteiger partial charge in [-0.3, -0.25) is 0 Å². The highest BCUT2D eigenvalue weighted by Crippen LogP contribution is 2.63. The summed E-state index contributed by atoms with van der Waals surface area (Å²) >= 11 is 9.59. The minimum absolute atomic E-state index is 0.0534. The highest BCUT2D eigenvalue weighted by atomic mass is 127. The normalized spacial score (nSPS) is 14.0. The van der Waals surface area contributed by atoms with Crippen molar-refractivity contribution < 1.29 is 0 Å². The van der Waals surface area contributed by atoms with E-state index in [0.29, 0.717) is 0 Å². The summed E-state index contributed by atoms with van der Waals surface area (Å²) in [6, 6.07) is 10.8. The highest BCUT2D eigenvalue weighted by molar-refractivity contribution is 14.1. The molecule has 0 saturated carbocycles. The fourth-order valence-electron chi connectivity index (χ4n) is 14.9. The van der Waals surface area contributed by atoms with Gasteiger partial charge < -0.3 is 0 Å². The number of rotatable bonds is 48. The zero-order chi connectivity index (χ0) is 56.1. The van der Waals surface area contributed by atoms with Gasteiger partial charge in [0.05, 0.1) is 23.5 Å². The molecule has 0 spiro atoms. The molecule has 80 heavy (non-hydrogen) atoms. The Bertz CT molecular complexity index is 2290. The van der Waals surface area contributed by atoms with Crippen molar-refractivity contribution in [1.29, 1.82) is 0 Å². The molecular formula is C72H112BrIN4S2. The topological polar surface area (TPSA) is 51.6 Å². The summed E-state index contributed by atoms with van der Waals surface area (Å²) in [6.07, 6.45) is 65.3. The smallest absolute Gasteiger partial charge is 0.119 e. The number of halogens is 2. The lowest BCUT2D eigenvalue weighted by atomic mass is 9.68. The van der Waals surface area contributed by atoms with Crippen LogP contribution in [0.2, 0.25) is 0 Å². The van der Waals surface area contributed by atoms with Gasteiger partial charge in [-0.15, -0.1) is 0 Å². The van der Waals surface area contributed by atoms with Crippen molar-refractivity contribution in [3.05, 3.63) is 54.6 Å². The van der Waals surface area contributed by atoms with Crippen molar-refractivity contribution in [2.75, 3.05) is 0 Å². The number of benzene rings is 3. The maximum absolute atomic E-state index is 5.28. The molecule has 0 fully saturated rings. The van der Waals surface area contributed by atoms with Crippen LogP contribution in [0.15, 0.2) is 28.7 Å². The van der Waals surface area contributed by atoms with E-state index in [1.54, 1.807) is 16.7 Å². The van der Waals surface area contributed by atoms with E-state index in [1.165, 1.54) is 363 Å². The molecule has 3 aromatic carbocycles. The van der Waals surface area contributed by atoms with E-state index in [0.717, 1.165) is 26.5 Å². The molecular weight excluding hydrogens is 1190 g/mol. The number of unbranched alkanes of at least 4 members (excludes halogenated alkanes) is 40. The molecule has 5 aromatic rings. The molecule has 446 valence electrons. The molecule has 4 nitrogen and oxygen atoms in total. The van der Waals surface area contributed by atoms with Crippen LogP contribution in [0, 0.1) is 3.57 Å². The Kier molecular flexibility index (Phi) is 30.7. The molecule has 0 unspecified atom stereocenters. The zero-order valence-corrected chi connectivity index (χ0v) is 57.0. The summed E-state index contributed by atoms with van der Waals surface area (Å²) < 4.78 is 23.0. The van der Waals surface area contributed by atoms with E-state index < -0.39 is 0 Å². The van der Waals surface area contributed by atoms with Crippen molar-refractivity contribution in [1.82, 2.24) is 17.5 Å². The predicted molar refractivity (Wildman–Crippen MR) is 366 cm³/mol. The Balaban J connectivity index is 1.22. The van der Waals surface area contributed by atoms with Gasteiger partial charge in [-0.2, -0.15) is 17.5 Å². The van der Waals surface area contributed by atoms with Crippen LogP contribution in [0.25, 0.3) is 44.3 Å². The van der Waals surface area contributed by atoms with Crippen LogP contribution < -0.4 is 0 Å². The van der Waals surface area contributed by atoms with E-state index in [-0.39, 0.29) is 10.8 Å². The minimum atomic E-state index is -0.0708. The lowest BCUT2D eigenvalue weighted by molar-refractivity contribution is 0.393. The molecule has 0 bridgehead atoms. The molecule has 0 saturated heterocycles. The van der Waals surface area contributed by atoms with E-state index in [1.807, 2.05) is 0 Å². The second-order valence-electron chi connectivity index (χ2n) is 25.7. The average Bonchev–Trinajstić information content (AvgIpc) is 3.80. The number of fused-ring (bicyclic) bond motifs is 10. The van der Waals surface area contributed by atoms with Crippen LogP contribution in [-0.2, 0) is 10.8 Å². The Morgan fingerprint density at radius 3 is 0.875 bits per heavy atom. The third-order valence-corrected chi connectivity index (χ3v) is 22.1. The molecule has 0 atom stereocenters. The molecule has 2 aliphatic carbocycles. The molecule has 2 heterocycles. The third kappa shape index (κ3) is 18.3. The van der Waals surface area contributed by atoms with Crippen LogP contribution in [0.3, 0.4) is 0 Å². The Hall–Kier alpha value is -1.49. The van der Waals surface area contributed by atoms with E-state index in [4.69, 9.17) is 17.5 Å². The standard InChI is InChI=1S/C72H112BrIN4S2/c1-5-9-13-17-21-25-29-33-37-41-45-49-71(50-46-42-38-34-30-26-22-18-14-10-6-2)59-54-58-60(53-57(59)65-61(71)55-63(73)67-69(65)77-79-75-67)72(51-47-43-39-35-31-27-23-19-15-11-7-3,52-48-44-40-36-32-28-24-20-16-12-8-4)62-56-64(74)68-70(66(58)62)78-80-76-68/h53-56H,5-52H2,1-4H3. The fourth-order valence-corrected chi connectivity index (χ4v) is 17.5. The third-order valence-electron chi connectivity index (χ3n) is 19.6. The van der Waals surface area contributed by atoms with Crippen LogP contribution in [0.1, 0.15) is 358 Å². The molecule has 2 aliphatic rings. The Morgan fingerprint density at radius 1 is 0.312 bits per heavy atom. The van der Waals surface area contributed by atoms with Gasteiger partial charge in [0.15, 0.2) is 0 Å². The van der Waals surface area contributed by atoms with Crippen LogP contribution in [0.5, 0.6) is 0 Å². The summed E-state index contributed by atoms with van der Waals surface area (Å²) in [5, 5.41) is 0. The molecule has 0 aliphatic heterocycles. The van der Waals surface area contributed by atoms with E-state index >= 15 is 0 Å². The first-order chi connectivity index (χ1) is 39.5. The average molecular weight is 1300 g/mol. The van der Waals surface area contributed by atoms with E-state index in [9.17, 15) is 0 Å². The monoisotopic (exact) mass is 1300 g/mol. The van der Waals surface area contributed by atoms with Crippen molar-refractivity contribution in [3.63, 3.8) is 0 Å². The summed E-state index contributed by atoms with van der Waals surface area (Å²) in [7, 11) is 0.